The normalized spacial score (nSPS) is 13.8. The lowest BCUT2D eigenvalue weighted by atomic mass is 10.2. The number of pyridine rings is 1. The zero-order chi connectivity index (χ0) is 13.9. The Morgan fingerprint density at radius 2 is 1.90 bits per heavy atom. The van der Waals surface area contributed by atoms with E-state index in [4.69, 9.17) is 0 Å². The summed E-state index contributed by atoms with van der Waals surface area (Å²) >= 11 is 3.36. The minimum absolute atomic E-state index is 0.153. The van der Waals surface area contributed by atoms with Crippen LogP contribution in [-0.2, 0) is 0 Å². The molecule has 0 saturated heterocycles. The Kier molecular flexibility index (Phi) is 3.69. The number of benzene rings is 1. The first-order chi connectivity index (χ1) is 9.70. The van der Waals surface area contributed by atoms with Crippen LogP contribution in [0.2, 0.25) is 0 Å². The Labute approximate surface area is 125 Å². The largest absolute Gasteiger partial charge is 0.381 e. The molecule has 2 aromatic rings. The maximum absolute atomic E-state index is 12.2. The van der Waals surface area contributed by atoms with Crippen LogP contribution >= 0.6 is 15.9 Å². The third kappa shape index (κ3) is 3.36. The minimum atomic E-state index is -0.153. The van der Waals surface area contributed by atoms with Gasteiger partial charge in [-0.15, -0.1) is 0 Å². The fourth-order valence-electron chi connectivity index (χ4n) is 1.84. The first-order valence-corrected chi connectivity index (χ1v) is 7.28. The molecular weight excluding hydrogens is 318 g/mol. The van der Waals surface area contributed by atoms with Crippen molar-refractivity contribution in [2.45, 2.75) is 18.9 Å². The molecule has 1 saturated carbocycles. The van der Waals surface area contributed by atoms with Gasteiger partial charge in [0, 0.05) is 28.6 Å². The van der Waals surface area contributed by atoms with E-state index in [-0.39, 0.29) is 5.91 Å². The molecule has 0 spiro atoms. The van der Waals surface area contributed by atoms with Crippen molar-refractivity contribution in [2.75, 3.05) is 10.6 Å². The molecule has 3 rings (SSSR count). The molecule has 1 aromatic heterocycles. The second-order valence-corrected chi connectivity index (χ2v) is 5.76. The molecule has 1 aliphatic rings. The fourth-order valence-corrected chi connectivity index (χ4v) is 2.11. The highest BCUT2D eigenvalue weighted by atomic mass is 79.9. The van der Waals surface area contributed by atoms with E-state index >= 15 is 0 Å². The summed E-state index contributed by atoms with van der Waals surface area (Å²) in [7, 11) is 0. The molecule has 0 bridgehead atoms. The number of aromatic nitrogens is 1. The van der Waals surface area contributed by atoms with Gasteiger partial charge in [-0.3, -0.25) is 9.78 Å². The molecule has 2 N–H and O–H groups in total. The van der Waals surface area contributed by atoms with E-state index in [9.17, 15) is 4.79 Å². The van der Waals surface area contributed by atoms with Gasteiger partial charge in [-0.2, -0.15) is 0 Å². The first-order valence-electron chi connectivity index (χ1n) is 6.49. The molecular formula is C15H14BrN3O. The molecule has 0 radical (unpaired) electrons. The van der Waals surface area contributed by atoms with Crippen LogP contribution in [0.15, 0.2) is 47.2 Å². The number of nitrogens with zero attached hydrogens (tertiary/aromatic N) is 1. The SMILES string of the molecule is O=C(Nc1ccc(Br)cc1)c1cncc(NC2CC2)c1. The molecule has 1 heterocycles. The van der Waals surface area contributed by atoms with Crippen LogP contribution in [0.25, 0.3) is 0 Å². The summed E-state index contributed by atoms with van der Waals surface area (Å²) in [5.41, 5.74) is 2.22. The van der Waals surface area contributed by atoms with E-state index in [1.54, 1.807) is 12.4 Å². The van der Waals surface area contributed by atoms with Crippen molar-refractivity contribution in [1.82, 2.24) is 4.98 Å². The lowest BCUT2D eigenvalue weighted by molar-refractivity contribution is 0.102. The number of nitrogens with one attached hydrogen (secondary N) is 2. The fraction of sp³-hybridized carbons (Fsp3) is 0.200. The standard InChI is InChI=1S/C15H14BrN3O/c16-11-1-3-13(4-2-11)19-15(20)10-7-14(9-17-8-10)18-12-5-6-12/h1-4,7-9,12,18H,5-6H2,(H,19,20). The average Bonchev–Trinajstić information content (AvgIpc) is 3.25. The summed E-state index contributed by atoms with van der Waals surface area (Å²) in [5.74, 6) is -0.153. The van der Waals surface area contributed by atoms with Crippen molar-refractivity contribution >= 4 is 33.2 Å². The molecule has 0 atom stereocenters. The van der Waals surface area contributed by atoms with Gasteiger partial charge >= 0.3 is 0 Å². The molecule has 102 valence electrons. The van der Waals surface area contributed by atoms with E-state index in [2.05, 4.69) is 31.5 Å². The topological polar surface area (TPSA) is 54.0 Å². The Bertz CT molecular complexity index is 623. The summed E-state index contributed by atoms with van der Waals surface area (Å²) in [5, 5.41) is 6.19. The molecule has 20 heavy (non-hydrogen) atoms. The molecule has 1 aromatic carbocycles. The lowest BCUT2D eigenvalue weighted by Crippen LogP contribution is -2.13. The van der Waals surface area contributed by atoms with Gasteiger partial charge in [0.2, 0.25) is 0 Å². The van der Waals surface area contributed by atoms with Crippen molar-refractivity contribution < 1.29 is 4.79 Å². The number of carbonyl (C=O) groups excluding carboxylic acids is 1. The van der Waals surface area contributed by atoms with Crippen molar-refractivity contribution in [2.24, 2.45) is 0 Å². The second-order valence-electron chi connectivity index (χ2n) is 4.84. The Morgan fingerprint density at radius 1 is 1.15 bits per heavy atom. The van der Waals surface area contributed by atoms with Crippen LogP contribution in [0.1, 0.15) is 23.2 Å². The van der Waals surface area contributed by atoms with Gasteiger partial charge in [0.25, 0.3) is 5.91 Å². The third-order valence-corrected chi connectivity index (χ3v) is 3.58. The van der Waals surface area contributed by atoms with E-state index in [0.717, 1.165) is 15.8 Å². The van der Waals surface area contributed by atoms with Crippen LogP contribution in [0, 0.1) is 0 Å². The van der Waals surface area contributed by atoms with Gasteiger partial charge in [-0.1, -0.05) is 15.9 Å². The van der Waals surface area contributed by atoms with Crippen LogP contribution in [0.3, 0.4) is 0 Å². The Balaban J connectivity index is 1.71. The molecule has 1 amide bonds. The molecule has 0 unspecified atom stereocenters. The van der Waals surface area contributed by atoms with Crippen LogP contribution in [0.4, 0.5) is 11.4 Å². The quantitative estimate of drug-likeness (QED) is 0.898. The number of anilines is 2. The average molecular weight is 332 g/mol. The summed E-state index contributed by atoms with van der Waals surface area (Å²) in [6.07, 6.45) is 5.70. The smallest absolute Gasteiger partial charge is 0.257 e. The van der Waals surface area contributed by atoms with Crippen molar-refractivity contribution in [1.29, 1.82) is 0 Å². The number of carbonyl (C=O) groups is 1. The maximum atomic E-state index is 12.2. The number of amides is 1. The van der Waals surface area contributed by atoms with Gasteiger partial charge in [-0.05, 0) is 43.2 Å². The summed E-state index contributed by atoms with van der Waals surface area (Å²) in [4.78, 5) is 16.3. The first kappa shape index (κ1) is 13.1. The second kappa shape index (κ2) is 5.63. The highest BCUT2D eigenvalue weighted by Gasteiger charge is 2.21. The molecule has 1 fully saturated rings. The zero-order valence-electron chi connectivity index (χ0n) is 10.8. The van der Waals surface area contributed by atoms with Crippen LogP contribution in [0.5, 0.6) is 0 Å². The highest BCUT2D eigenvalue weighted by Crippen LogP contribution is 2.24. The van der Waals surface area contributed by atoms with Gasteiger partial charge in [0.15, 0.2) is 0 Å². The molecule has 1 aliphatic carbocycles. The van der Waals surface area contributed by atoms with Gasteiger partial charge < -0.3 is 10.6 Å². The predicted molar refractivity (Wildman–Crippen MR) is 83.0 cm³/mol. The van der Waals surface area contributed by atoms with Gasteiger partial charge in [-0.25, -0.2) is 0 Å². The molecule has 0 aliphatic heterocycles. The monoisotopic (exact) mass is 331 g/mol. The summed E-state index contributed by atoms with van der Waals surface area (Å²) < 4.78 is 0.979. The highest BCUT2D eigenvalue weighted by molar-refractivity contribution is 9.10. The van der Waals surface area contributed by atoms with Crippen molar-refractivity contribution in [3.63, 3.8) is 0 Å². The third-order valence-electron chi connectivity index (χ3n) is 3.05. The lowest BCUT2D eigenvalue weighted by Gasteiger charge is -2.08. The van der Waals surface area contributed by atoms with Crippen molar-refractivity contribution in [3.8, 4) is 0 Å². The predicted octanol–water partition coefficient (Wildman–Crippen LogP) is 3.67. The summed E-state index contributed by atoms with van der Waals surface area (Å²) in [6.45, 7) is 0. The van der Waals surface area contributed by atoms with E-state index in [1.807, 2.05) is 30.3 Å². The number of hydrogen-bond donors (Lipinski definition) is 2. The number of halogens is 1. The summed E-state index contributed by atoms with van der Waals surface area (Å²) in [6, 6.07) is 9.85. The van der Waals surface area contributed by atoms with Crippen LogP contribution in [-0.4, -0.2) is 16.9 Å². The zero-order valence-corrected chi connectivity index (χ0v) is 12.4. The molecule has 5 heteroatoms. The van der Waals surface area contributed by atoms with Gasteiger partial charge in [0.1, 0.15) is 0 Å². The Morgan fingerprint density at radius 3 is 2.60 bits per heavy atom. The maximum Gasteiger partial charge on any atom is 0.257 e. The van der Waals surface area contributed by atoms with Crippen molar-refractivity contribution in [3.05, 3.63) is 52.8 Å². The van der Waals surface area contributed by atoms with E-state index in [1.165, 1.54) is 12.8 Å². The number of rotatable bonds is 4. The Hall–Kier alpha value is -1.88. The van der Waals surface area contributed by atoms with Gasteiger partial charge in [0.05, 0.1) is 11.3 Å². The van der Waals surface area contributed by atoms with Crippen LogP contribution < -0.4 is 10.6 Å². The van der Waals surface area contributed by atoms with E-state index < -0.39 is 0 Å². The number of hydrogen-bond acceptors (Lipinski definition) is 3. The van der Waals surface area contributed by atoms with E-state index in [0.29, 0.717) is 11.6 Å². The minimum Gasteiger partial charge on any atom is -0.381 e. The molecule has 4 nitrogen and oxygen atoms in total.